The summed E-state index contributed by atoms with van der Waals surface area (Å²) in [5.41, 5.74) is -1.32. The van der Waals surface area contributed by atoms with E-state index >= 15 is 0 Å². The zero-order valence-corrected chi connectivity index (χ0v) is 14.1. The molecule has 0 aliphatic heterocycles. The van der Waals surface area contributed by atoms with Crippen molar-refractivity contribution in [2.24, 2.45) is 0 Å². The van der Waals surface area contributed by atoms with Crippen molar-refractivity contribution in [2.75, 3.05) is 0 Å². The summed E-state index contributed by atoms with van der Waals surface area (Å²) < 4.78 is 59.4. The van der Waals surface area contributed by atoms with Crippen LogP contribution in [0.3, 0.4) is 0 Å². The van der Waals surface area contributed by atoms with Gasteiger partial charge in [0, 0.05) is 11.1 Å². The van der Waals surface area contributed by atoms with E-state index in [1.807, 2.05) is 0 Å². The van der Waals surface area contributed by atoms with Crippen LogP contribution in [0.4, 0.5) is 17.6 Å². The first-order valence-corrected chi connectivity index (χ1v) is 7.73. The number of tetrazole rings is 1. The number of halogens is 6. The van der Waals surface area contributed by atoms with Crippen molar-refractivity contribution in [2.45, 2.75) is 12.8 Å². The molecule has 0 aliphatic carbocycles. The SMILES string of the molecule is Fc1cc(OCc2nnnn2-c2ccc(Cl)cc2C(F)(F)F)ccc1Cl. The second-order valence-electron chi connectivity index (χ2n) is 5.03. The standard InChI is InChI=1S/C15H8Cl2F4N4O/c16-8-1-4-13(10(5-8)15(19,20)21)25-14(22-23-24-25)7-26-9-2-3-11(17)12(18)6-9/h1-6H,7H2. The maximum Gasteiger partial charge on any atom is 0.418 e. The van der Waals surface area contributed by atoms with Gasteiger partial charge in [0.1, 0.15) is 18.2 Å². The van der Waals surface area contributed by atoms with E-state index in [9.17, 15) is 17.6 Å². The van der Waals surface area contributed by atoms with Crippen molar-refractivity contribution in [3.63, 3.8) is 0 Å². The molecule has 3 aromatic rings. The third-order valence-electron chi connectivity index (χ3n) is 3.29. The number of hydrogen-bond donors (Lipinski definition) is 0. The molecule has 0 saturated heterocycles. The lowest BCUT2D eigenvalue weighted by atomic mass is 10.1. The highest BCUT2D eigenvalue weighted by molar-refractivity contribution is 6.31. The predicted molar refractivity (Wildman–Crippen MR) is 84.9 cm³/mol. The molecule has 0 N–H and O–H groups in total. The highest BCUT2D eigenvalue weighted by Crippen LogP contribution is 2.35. The van der Waals surface area contributed by atoms with Gasteiger partial charge in [-0.05, 0) is 40.8 Å². The van der Waals surface area contributed by atoms with Crippen LogP contribution < -0.4 is 4.74 Å². The molecule has 0 bridgehead atoms. The van der Waals surface area contributed by atoms with Gasteiger partial charge in [0.2, 0.25) is 0 Å². The highest BCUT2D eigenvalue weighted by Gasteiger charge is 2.35. The van der Waals surface area contributed by atoms with Crippen LogP contribution in [-0.4, -0.2) is 20.2 Å². The van der Waals surface area contributed by atoms with Crippen LogP contribution in [0.15, 0.2) is 36.4 Å². The Balaban J connectivity index is 1.91. The summed E-state index contributed by atoms with van der Waals surface area (Å²) >= 11 is 11.2. The maximum absolute atomic E-state index is 13.4. The van der Waals surface area contributed by atoms with Gasteiger partial charge in [-0.15, -0.1) is 5.10 Å². The minimum absolute atomic E-state index is 0.0202. The maximum atomic E-state index is 13.4. The van der Waals surface area contributed by atoms with Crippen molar-refractivity contribution in [3.05, 3.63) is 63.6 Å². The summed E-state index contributed by atoms with van der Waals surface area (Å²) in [4.78, 5) is 0. The predicted octanol–water partition coefficient (Wildman–Crippen LogP) is 4.71. The summed E-state index contributed by atoms with van der Waals surface area (Å²) in [6, 6.07) is 6.94. The van der Waals surface area contributed by atoms with Crippen LogP contribution in [0.25, 0.3) is 5.69 Å². The Labute approximate surface area is 154 Å². The fraction of sp³-hybridized carbons (Fsp3) is 0.133. The molecule has 0 amide bonds. The normalized spacial score (nSPS) is 11.6. The molecule has 0 saturated carbocycles. The Hall–Kier alpha value is -2.39. The van der Waals surface area contributed by atoms with E-state index < -0.39 is 17.6 Å². The number of benzene rings is 2. The fourth-order valence-corrected chi connectivity index (χ4v) is 2.41. The minimum Gasteiger partial charge on any atom is -0.485 e. The number of rotatable bonds is 4. The Kier molecular flexibility index (Phi) is 5.01. The van der Waals surface area contributed by atoms with Gasteiger partial charge in [-0.1, -0.05) is 23.2 Å². The number of ether oxygens (including phenoxy) is 1. The molecule has 3 rings (SSSR count). The lowest BCUT2D eigenvalue weighted by molar-refractivity contribution is -0.137. The fourth-order valence-electron chi connectivity index (χ4n) is 2.12. The second kappa shape index (κ2) is 7.08. The van der Waals surface area contributed by atoms with Gasteiger partial charge < -0.3 is 4.74 Å². The topological polar surface area (TPSA) is 52.8 Å². The van der Waals surface area contributed by atoms with E-state index in [-0.39, 0.29) is 33.9 Å². The van der Waals surface area contributed by atoms with Gasteiger partial charge in [-0.2, -0.15) is 17.9 Å². The van der Waals surface area contributed by atoms with Crippen molar-refractivity contribution < 1.29 is 22.3 Å². The molecule has 11 heteroatoms. The third-order valence-corrected chi connectivity index (χ3v) is 3.83. The van der Waals surface area contributed by atoms with Crippen molar-refractivity contribution in [1.82, 2.24) is 20.2 Å². The van der Waals surface area contributed by atoms with E-state index in [2.05, 4.69) is 15.5 Å². The van der Waals surface area contributed by atoms with Crippen LogP contribution in [-0.2, 0) is 12.8 Å². The number of aromatic nitrogens is 4. The molecule has 0 aliphatic rings. The molecule has 5 nitrogen and oxygen atoms in total. The molecule has 136 valence electrons. The third kappa shape index (κ3) is 3.88. The smallest absolute Gasteiger partial charge is 0.418 e. The Morgan fingerprint density at radius 3 is 2.54 bits per heavy atom. The minimum atomic E-state index is -4.66. The van der Waals surface area contributed by atoms with Crippen LogP contribution in [0.2, 0.25) is 10.0 Å². The largest absolute Gasteiger partial charge is 0.485 e. The van der Waals surface area contributed by atoms with E-state index in [0.717, 1.165) is 22.9 Å². The number of hydrogen-bond acceptors (Lipinski definition) is 4. The first-order valence-electron chi connectivity index (χ1n) is 6.98. The molecular weight excluding hydrogens is 399 g/mol. The lowest BCUT2D eigenvalue weighted by Crippen LogP contribution is -2.14. The van der Waals surface area contributed by atoms with Gasteiger partial charge in [-0.25, -0.2) is 4.39 Å². The van der Waals surface area contributed by atoms with Crippen LogP contribution >= 0.6 is 23.2 Å². The average Bonchev–Trinajstić information content (AvgIpc) is 3.03. The number of nitrogens with zero attached hydrogens (tertiary/aromatic N) is 4. The Morgan fingerprint density at radius 2 is 1.85 bits per heavy atom. The van der Waals surface area contributed by atoms with Gasteiger partial charge in [0.25, 0.3) is 0 Å². The molecule has 0 spiro atoms. The molecular formula is C15H8Cl2F4N4O. The quantitative estimate of drug-likeness (QED) is 0.589. The van der Waals surface area contributed by atoms with Crippen molar-refractivity contribution in [3.8, 4) is 11.4 Å². The van der Waals surface area contributed by atoms with Gasteiger partial charge in [-0.3, -0.25) is 0 Å². The summed E-state index contributed by atoms with van der Waals surface area (Å²) in [5.74, 6) is -0.595. The second-order valence-corrected chi connectivity index (χ2v) is 5.87. The molecule has 1 heterocycles. The summed E-state index contributed by atoms with van der Waals surface area (Å²) in [5, 5.41) is 10.4. The molecule has 0 radical (unpaired) electrons. The first-order chi connectivity index (χ1) is 12.3. The average molecular weight is 407 g/mol. The molecule has 0 unspecified atom stereocenters. The van der Waals surface area contributed by atoms with Gasteiger partial charge >= 0.3 is 6.18 Å². The molecule has 0 fully saturated rings. The molecule has 26 heavy (non-hydrogen) atoms. The number of alkyl halides is 3. The van der Waals surface area contributed by atoms with E-state index in [0.29, 0.717) is 0 Å². The summed E-state index contributed by atoms with van der Waals surface area (Å²) in [7, 11) is 0. The van der Waals surface area contributed by atoms with Gasteiger partial charge in [0.05, 0.1) is 16.3 Å². The Bertz CT molecular complexity index is 946. The Morgan fingerprint density at radius 1 is 1.08 bits per heavy atom. The molecule has 2 aromatic carbocycles. The summed E-state index contributed by atoms with van der Waals surface area (Å²) in [6.07, 6.45) is -4.66. The van der Waals surface area contributed by atoms with Crippen LogP contribution in [0.1, 0.15) is 11.4 Å². The molecule has 0 atom stereocenters. The van der Waals surface area contributed by atoms with E-state index in [1.54, 1.807) is 0 Å². The van der Waals surface area contributed by atoms with Crippen LogP contribution in [0.5, 0.6) is 5.75 Å². The first kappa shape index (κ1) is 18.4. The zero-order valence-electron chi connectivity index (χ0n) is 12.6. The highest BCUT2D eigenvalue weighted by atomic mass is 35.5. The van der Waals surface area contributed by atoms with Crippen molar-refractivity contribution >= 4 is 23.2 Å². The van der Waals surface area contributed by atoms with Crippen molar-refractivity contribution in [1.29, 1.82) is 0 Å². The van der Waals surface area contributed by atoms with E-state index in [1.165, 1.54) is 18.2 Å². The summed E-state index contributed by atoms with van der Waals surface area (Å²) in [6.45, 7) is -0.298. The monoisotopic (exact) mass is 406 g/mol. The van der Waals surface area contributed by atoms with E-state index in [4.69, 9.17) is 27.9 Å². The van der Waals surface area contributed by atoms with Gasteiger partial charge in [0.15, 0.2) is 5.82 Å². The lowest BCUT2D eigenvalue weighted by Gasteiger charge is -2.14. The zero-order chi connectivity index (χ0) is 18.9. The molecule has 1 aromatic heterocycles. The van der Waals surface area contributed by atoms with Crippen LogP contribution in [0, 0.1) is 5.82 Å².